The number of likely N-dealkylation sites (tertiary alicyclic amines) is 1. The maximum Gasteiger partial charge on any atom is 0.455 e. The number of amides is 2. The Morgan fingerprint density at radius 1 is 0.914 bits per heavy atom. The van der Waals surface area contributed by atoms with Crippen LogP contribution in [0.3, 0.4) is 0 Å². The Bertz CT molecular complexity index is 2240. The van der Waals surface area contributed by atoms with Gasteiger partial charge in [-0.25, -0.2) is 0 Å². The van der Waals surface area contributed by atoms with Crippen LogP contribution < -0.4 is 10.4 Å². The summed E-state index contributed by atoms with van der Waals surface area (Å²) in [4.78, 5) is 35.9. The van der Waals surface area contributed by atoms with Gasteiger partial charge in [-0.1, -0.05) is 106 Å². The predicted molar refractivity (Wildman–Crippen MR) is 233 cm³/mol. The standard InChI is InChI=1S/C47H49BN2O6SSi/c1-47(2,3)58(37-14-6-4-7-15-37,38-16-8-5-9-17-38)55-31-34-28-39-44(46(53)50(45(39)52)30-36-13-12-26-57-36)40-29-48(54)56-42(43(34)40)24-21-33(41-18-10-11-25-49-41)27-32-19-22-35(51)23-20-32/h4-20,22-23,25-27,39-40,42,44,51,54H,21,24,28-31H2,1-3H3/b33-27-/t39-,40+,42-,44-/m1/s1. The number of thiophene rings is 1. The van der Waals surface area contributed by atoms with Crippen LogP contribution in [0.5, 0.6) is 5.75 Å². The molecule has 296 valence electrons. The van der Waals surface area contributed by atoms with Gasteiger partial charge in [-0.2, -0.15) is 0 Å². The van der Waals surface area contributed by atoms with Gasteiger partial charge in [0, 0.05) is 11.1 Å². The lowest BCUT2D eigenvalue weighted by Gasteiger charge is -2.46. The van der Waals surface area contributed by atoms with Crippen LogP contribution in [0.15, 0.2) is 138 Å². The lowest BCUT2D eigenvalue weighted by molar-refractivity contribution is -0.140. The number of allylic oxidation sites excluding steroid dienone is 1. The predicted octanol–water partition coefficient (Wildman–Crippen LogP) is 7.74. The third-order valence-corrected chi connectivity index (χ3v) is 17.9. The van der Waals surface area contributed by atoms with E-state index in [9.17, 15) is 19.7 Å². The molecule has 2 saturated heterocycles. The van der Waals surface area contributed by atoms with Gasteiger partial charge < -0.3 is 19.2 Å². The third-order valence-electron chi connectivity index (χ3n) is 12.1. The van der Waals surface area contributed by atoms with Crippen LogP contribution in [-0.2, 0) is 25.2 Å². The summed E-state index contributed by atoms with van der Waals surface area (Å²) in [6.45, 7) is 7.26. The lowest BCUT2D eigenvalue weighted by atomic mass is 9.58. The van der Waals surface area contributed by atoms with Gasteiger partial charge in [0.25, 0.3) is 8.32 Å². The summed E-state index contributed by atoms with van der Waals surface area (Å²) in [5.74, 6) is -1.68. The molecule has 2 amide bonds. The molecule has 4 heterocycles. The molecule has 8 rings (SSSR count). The molecular weight excluding hydrogens is 759 g/mol. The van der Waals surface area contributed by atoms with Crippen molar-refractivity contribution in [1.82, 2.24) is 9.88 Å². The Morgan fingerprint density at radius 2 is 1.60 bits per heavy atom. The SMILES string of the molecule is CC(C)(C)[Si](OCC1=C2[C@@H](CC/C(=C/c3ccc(O)cc3)c3ccccn3)OB(O)C[C@@H]2[C@@H]2C(=O)N(Cc3cccs3)C(=O)[C@@H]2C1)(c1ccccc1)c1ccccc1. The minimum absolute atomic E-state index is 0.155. The molecule has 1 aliphatic carbocycles. The first kappa shape index (κ1) is 39.9. The summed E-state index contributed by atoms with van der Waals surface area (Å²) >= 11 is 1.53. The number of phenolic OH excluding ortho intramolecular Hbond substituents is 1. The molecule has 2 aromatic heterocycles. The average molecular weight is 809 g/mol. The molecule has 0 radical (unpaired) electrons. The van der Waals surface area contributed by atoms with Gasteiger partial charge in [-0.05, 0) is 111 Å². The Morgan fingerprint density at radius 3 is 2.22 bits per heavy atom. The van der Waals surface area contributed by atoms with Crippen molar-refractivity contribution in [2.24, 2.45) is 17.8 Å². The van der Waals surface area contributed by atoms with Gasteiger partial charge in [-0.3, -0.25) is 19.5 Å². The summed E-state index contributed by atoms with van der Waals surface area (Å²) in [6, 6.07) is 37.8. The van der Waals surface area contributed by atoms with E-state index < -0.39 is 39.3 Å². The number of benzene rings is 3. The number of fused-ring (bicyclic) bond motifs is 3. The minimum Gasteiger partial charge on any atom is -0.508 e. The fourth-order valence-corrected chi connectivity index (χ4v) is 14.8. The third kappa shape index (κ3) is 7.81. The van der Waals surface area contributed by atoms with E-state index >= 15 is 0 Å². The van der Waals surface area contributed by atoms with Gasteiger partial charge in [-0.15, -0.1) is 11.3 Å². The zero-order valence-electron chi connectivity index (χ0n) is 33.2. The summed E-state index contributed by atoms with van der Waals surface area (Å²) < 4.78 is 14.0. The Balaban J connectivity index is 1.21. The molecular formula is C47H49BN2O6SSi. The van der Waals surface area contributed by atoms with Gasteiger partial charge in [0.05, 0.1) is 36.8 Å². The van der Waals surface area contributed by atoms with Crippen molar-refractivity contribution in [2.45, 2.75) is 64.0 Å². The van der Waals surface area contributed by atoms with E-state index in [0.29, 0.717) is 19.3 Å². The Kier molecular flexibility index (Phi) is 11.5. The van der Waals surface area contributed by atoms with Crippen molar-refractivity contribution in [3.05, 3.63) is 154 Å². The summed E-state index contributed by atoms with van der Waals surface area (Å²) in [5.41, 5.74) is 4.67. The highest BCUT2D eigenvalue weighted by Gasteiger charge is 2.58. The maximum atomic E-state index is 14.5. The zero-order valence-corrected chi connectivity index (χ0v) is 35.0. The molecule has 5 aromatic rings. The number of pyridine rings is 1. The van der Waals surface area contributed by atoms with Crippen LogP contribution in [0, 0.1) is 17.8 Å². The number of hydrogen-bond donors (Lipinski definition) is 2. The number of carbonyl (C=O) groups excluding carboxylic acids is 2. The first-order valence-corrected chi connectivity index (χ1v) is 22.9. The number of rotatable bonds is 12. The largest absolute Gasteiger partial charge is 0.508 e. The van der Waals surface area contributed by atoms with Crippen LogP contribution in [0.25, 0.3) is 11.6 Å². The smallest absolute Gasteiger partial charge is 0.455 e. The van der Waals surface area contributed by atoms with Gasteiger partial charge in [0.2, 0.25) is 11.8 Å². The molecule has 2 aliphatic heterocycles. The highest BCUT2D eigenvalue weighted by Crippen LogP contribution is 2.51. The van der Waals surface area contributed by atoms with Crippen LogP contribution in [0.1, 0.15) is 56.2 Å². The first-order valence-electron chi connectivity index (χ1n) is 20.1. The number of hydrogen-bond acceptors (Lipinski definition) is 8. The minimum atomic E-state index is -2.99. The van der Waals surface area contributed by atoms with Gasteiger partial charge >= 0.3 is 7.12 Å². The average Bonchev–Trinajstić information content (AvgIpc) is 3.83. The van der Waals surface area contributed by atoms with Crippen LogP contribution in [0.4, 0.5) is 0 Å². The summed E-state index contributed by atoms with van der Waals surface area (Å²) in [5, 5.41) is 25.4. The normalized spacial score (nSPS) is 21.3. The zero-order chi connectivity index (χ0) is 40.4. The molecule has 8 nitrogen and oxygen atoms in total. The van der Waals surface area contributed by atoms with E-state index in [1.807, 2.05) is 60.0 Å². The molecule has 2 fully saturated rings. The molecule has 0 bridgehead atoms. The van der Waals surface area contributed by atoms with Crippen LogP contribution in [-0.4, -0.2) is 60.0 Å². The van der Waals surface area contributed by atoms with E-state index in [-0.39, 0.29) is 42.1 Å². The Hall–Kier alpha value is -4.91. The molecule has 3 aliphatic rings. The number of imide groups is 1. The number of phenols is 1. The molecule has 0 spiro atoms. The van der Waals surface area contributed by atoms with Crippen LogP contribution in [0.2, 0.25) is 11.4 Å². The fraction of sp³-hybridized carbons (Fsp3) is 0.298. The van der Waals surface area contributed by atoms with Crippen molar-refractivity contribution < 1.29 is 28.8 Å². The summed E-state index contributed by atoms with van der Waals surface area (Å²) in [7, 11) is -4.10. The number of carbonyl (C=O) groups is 2. The number of aromatic hydroxyl groups is 1. The number of nitrogens with zero attached hydrogens (tertiary/aromatic N) is 2. The number of aromatic nitrogens is 1. The highest BCUT2D eigenvalue weighted by atomic mass is 32.1. The molecule has 0 unspecified atom stereocenters. The topological polar surface area (TPSA) is 109 Å². The van der Waals surface area contributed by atoms with Crippen molar-refractivity contribution in [3.8, 4) is 5.75 Å². The monoisotopic (exact) mass is 808 g/mol. The highest BCUT2D eigenvalue weighted by molar-refractivity contribution is 7.09. The lowest BCUT2D eigenvalue weighted by Crippen LogP contribution is -2.66. The second-order valence-corrected chi connectivity index (χ2v) is 22.0. The summed E-state index contributed by atoms with van der Waals surface area (Å²) in [6.07, 6.45) is 4.97. The molecule has 2 N–H and O–H groups in total. The van der Waals surface area contributed by atoms with E-state index in [4.69, 9.17) is 9.08 Å². The van der Waals surface area contributed by atoms with E-state index in [1.54, 1.807) is 18.3 Å². The van der Waals surface area contributed by atoms with Crippen molar-refractivity contribution in [3.63, 3.8) is 0 Å². The van der Waals surface area contributed by atoms with E-state index in [2.05, 4.69) is 80.4 Å². The molecule has 11 heteroatoms. The van der Waals surface area contributed by atoms with Crippen LogP contribution >= 0.6 is 11.3 Å². The van der Waals surface area contributed by atoms with Crippen molar-refractivity contribution in [2.75, 3.05) is 6.61 Å². The van der Waals surface area contributed by atoms with E-state index in [0.717, 1.165) is 43.2 Å². The molecule has 3 aromatic carbocycles. The first-order chi connectivity index (χ1) is 28.0. The Labute approximate surface area is 346 Å². The van der Waals surface area contributed by atoms with E-state index in [1.165, 1.54) is 16.2 Å². The quantitative estimate of drug-likeness (QED) is 0.0755. The molecule has 58 heavy (non-hydrogen) atoms. The molecule has 4 atom stereocenters. The van der Waals surface area contributed by atoms with Crippen molar-refractivity contribution in [1.29, 1.82) is 0 Å². The van der Waals surface area contributed by atoms with Crippen molar-refractivity contribution >= 4 is 60.6 Å². The molecule has 0 saturated carbocycles. The second kappa shape index (κ2) is 16.8. The maximum absolute atomic E-state index is 14.5. The van der Waals surface area contributed by atoms with Gasteiger partial charge in [0.1, 0.15) is 5.75 Å². The second-order valence-electron chi connectivity index (χ2n) is 16.6. The fourth-order valence-electron chi connectivity index (χ4n) is 9.52. The van der Waals surface area contributed by atoms with Gasteiger partial charge in [0.15, 0.2) is 0 Å².